The lowest BCUT2D eigenvalue weighted by atomic mass is 10.0. The molecule has 0 aromatic heterocycles. The lowest BCUT2D eigenvalue weighted by Crippen LogP contribution is -2.52. The molecular formula is C52H61N7O10. The first-order valence-corrected chi connectivity index (χ1v) is 23.2. The Morgan fingerprint density at radius 3 is 2.19 bits per heavy atom. The summed E-state index contributed by atoms with van der Waals surface area (Å²) in [6, 6.07) is 11.5. The Labute approximate surface area is 402 Å². The van der Waals surface area contributed by atoms with Crippen LogP contribution in [0.4, 0.5) is 16.2 Å². The van der Waals surface area contributed by atoms with Gasteiger partial charge in [0.25, 0.3) is 11.8 Å². The van der Waals surface area contributed by atoms with Gasteiger partial charge in [-0.25, -0.2) is 9.69 Å². The first-order chi connectivity index (χ1) is 33.1. The molecule has 4 aliphatic rings. The molecule has 4 heterocycles. The molecule has 0 bridgehead atoms. The second-order valence-corrected chi connectivity index (χ2v) is 17.7. The summed E-state index contributed by atoms with van der Waals surface area (Å²) in [5, 5.41) is 17.8. The number of carbonyl (C=O) groups excluding carboxylic acids is 5. The number of aliphatic hydroxyl groups excluding tert-OH is 1. The van der Waals surface area contributed by atoms with E-state index in [0.29, 0.717) is 42.0 Å². The van der Waals surface area contributed by atoms with Crippen molar-refractivity contribution >= 4 is 47.3 Å². The summed E-state index contributed by atoms with van der Waals surface area (Å²) in [4.78, 5) is 75.4. The number of hydrogen-bond acceptors (Lipinski definition) is 12. The molecule has 17 heteroatoms. The number of aliphatic imine (C=N–C) groups is 1. The summed E-state index contributed by atoms with van der Waals surface area (Å²) in [5.41, 5.74) is 10.8. The highest BCUT2D eigenvalue weighted by molar-refractivity contribution is 6.07. The molecule has 5 amide bonds. The van der Waals surface area contributed by atoms with E-state index in [1.165, 1.54) is 24.1 Å². The molecule has 0 saturated heterocycles. The number of hydrogen-bond donors (Lipinski definition) is 4. The van der Waals surface area contributed by atoms with E-state index in [-0.39, 0.29) is 72.8 Å². The Kier molecular flexibility index (Phi) is 15.7. The van der Waals surface area contributed by atoms with Crippen molar-refractivity contribution in [3.63, 3.8) is 0 Å². The third-order valence-electron chi connectivity index (χ3n) is 12.4. The number of aryl methyl sites for hydroxylation is 1. The number of rotatable bonds is 18. The molecule has 0 radical (unpaired) electrons. The lowest BCUT2D eigenvalue weighted by Gasteiger charge is -2.31. The number of nitrogens with one attached hydrogen (secondary N) is 2. The number of fused-ring (bicyclic) bond motifs is 4. The van der Waals surface area contributed by atoms with Gasteiger partial charge in [-0.3, -0.25) is 24.2 Å². The number of primary amides is 1. The molecule has 364 valence electrons. The quantitative estimate of drug-likeness (QED) is 0.101. The highest BCUT2D eigenvalue weighted by atomic mass is 16.6. The van der Waals surface area contributed by atoms with Crippen LogP contribution in [0, 0.1) is 12.8 Å². The summed E-state index contributed by atoms with van der Waals surface area (Å²) in [7, 11) is 1.45. The summed E-state index contributed by atoms with van der Waals surface area (Å²) in [5.74, 6) is -0.608. The summed E-state index contributed by atoms with van der Waals surface area (Å²) in [6.07, 6.45) is 12.0. The molecule has 0 fully saturated rings. The van der Waals surface area contributed by atoms with E-state index in [4.69, 9.17) is 24.7 Å². The minimum absolute atomic E-state index is 0.0831. The fraction of sp³-hybridized carbons (Fsp3) is 0.385. The SMILES string of the molecule is C/C=C/C1=CN2C(=O)c3cc(C)c(OCCCOc4cc5c(cc4OC)C(=O)N4C=C(/C=C/C)C[C@H]4[C@H](O)N5C(=O)OCc4ccc(CN[C@@H](C)C(=O)N[C@H](C(N)=O)C(C)C)cc4)cc3N=C[C@@H]2C1. The maximum Gasteiger partial charge on any atom is 0.416 e. The van der Waals surface area contributed by atoms with Crippen LogP contribution < -0.4 is 35.5 Å². The van der Waals surface area contributed by atoms with Gasteiger partial charge in [0, 0.05) is 43.7 Å². The summed E-state index contributed by atoms with van der Waals surface area (Å²) in [6.45, 7) is 11.6. The number of anilines is 1. The average Bonchev–Trinajstić information content (AvgIpc) is 3.90. The van der Waals surface area contributed by atoms with Crippen LogP contribution in [0.2, 0.25) is 0 Å². The third kappa shape index (κ3) is 11.1. The Balaban J connectivity index is 1.02. The van der Waals surface area contributed by atoms with Crippen LogP contribution in [-0.4, -0.2) is 102 Å². The van der Waals surface area contributed by atoms with Gasteiger partial charge in [-0.15, -0.1) is 0 Å². The molecule has 3 aromatic carbocycles. The van der Waals surface area contributed by atoms with E-state index in [9.17, 15) is 29.1 Å². The van der Waals surface area contributed by atoms with E-state index in [2.05, 4.69) is 15.6 Å². The van der Waals surface area contributed by atoms with E-state index >= 15 is 0 Å². The minimum atomic E-state index is -1.50. The van der Waals surface area contributed by atoms with Crippen molar-refractivity contribution in [1.82, 2.24) is 20.4 Å². The van der Waals surface area contributed by atoms with Crippen LogP contribution in [0.1, 0.15) is 91.3 Å². The van der Waals surface area contributed by atoms with Crippen LogP contribution in [0.3, 0.4) is 0 Å². The molecule has 0 spiro atoms. The van der Waals surface area contributed by atoms with Crippen LogP contribution in [0.25, 0.3) is 0 Å². The summed E-state index contributed by atoms with van der Waals surface area (Å²) >= 11 is 0. The molecule has 69 heavy (non-hydrogen) atoms. The van der Waals surface area contributed by atoms with Gasteiger partial charge in [0.05, 0.1) is 61.0 Å². The molecule has 4 aliphatic heterocycles. The lowest BCUT2D eigenvalue weighted by molar-refractivity contribution is -0.129. The molecule has 0 saturated carbocycles. The van der Waals surface area contributed by atoms with Crippen LogP contribution in [0.5, 0.6) is 17.2 Å². The van der Waals surface area contributed by atoms with Crippen molar-refractivity contribution in [3.05, 3.63) is 124 Å². The fourth-order valence-corrected chi connectivity index (χ4v) is 8.64. The zero-order valence-electron chi connectivity index (χ0n) is 40.1. The highest BCUT2D eigenvalue weighted by Crippen LogP contribution is 2.42. The zero-order valence-corrected chi connectivity index (χ0v) is 40.1. The normalized spacial score (nSPS) is 19.3. The Morgan fingerprint density at radius 1 is 0.870 bits per heavy atom. The Hall–Kier alpha value is -7.24. The van der Waals surface area contributed by atoms with Gasteiger partial charge in [0.1, 0.15) is 18.4 Å². The summed E-state index contributed by atoms with van der Waals surface area (Å²) < 4.78 is 23.9. The topological polar surface area (TPSA) is 215 Å². The predicted octanol–water partition coefficient (Wildman–Crippen LogP) is 6.50. The first kappa shape index (κ1) is 49.7. The Bertz CT molecular complexity index is 2620. The van der Waals surface area contributed by atoms with Crippen molar-refractivity contribution < 1.29 is 48.0 Å². The standard InChI is InChI=1S/C52H61N7O10/c1-8-11-35-20-37-26-55-40-23-43(31(5)19-38(40)49(62)57(37)27-35)67-17-10-18-68-45-24-41-39(22-44(45)66-7)50(63)58-28-36(12-9-2)21-42(58)51(64)59(41)52(65)69-29-34-15-13-33(14-16-34)25-54-32(6)48(61)56-46(30(3)4)47(53)60/h8-9,11-16,19,22-24,26-28,30,32,37,42,46,51,54,64H,10,17-18,20-21,25,29H2,1-7H3,(H2,53,60)(H,56,61)/b11-8+,12-9+/t32-,37-,42-,46-,51-/m0/s1. The molecule has 0 aliphatic carbocycles. The largest absolute Gasteiger partial charge is 0.493 e. The van der Waals surface area contributed by atoms with Gasteiger partial charge >= 0.3 is 6.09 Å². The second kappa shape index (κ2) is 21.8. The van der Waals surface area contributed by atoms with Crippen molar-refractivity contribution in [3.8, 4) is 17.2 Å². The second-order valence-electron chi connectivity index (χ2n) is 17.7. The molecule has 5 atom stereocenters. The number of nitrogens with zero attached hydrogens (tertiary/aromatic N) is 4. The van der Waals surface area contributed by atoms with Crippen LogP contribution >= 0.6 is 0 Å². The van der Waals surface area contributed by atoms with Crippen molar-refractivity contribution in [1.29, 1.82) is 0 Å². The minimum Gasteiger partial charge on any atom is -0.493 e. The van der Waals surface area contributed by atoms with E-state index < -0.39 is 42.3 Å². The molecule has 5 N–H and O–H groups in total. The van der Waals surface area contributed by atoms with Crippen LogP contribution in [-0.2, 0) is 27.5 Å². The number of nitrogens with two attached hydrogens (primary N) is 1. The fourth-order valence-electron chi connectivity index (χ4n) is 8.64. The van der Waals surface area contributed by atoms with E-state index in [1.54, 1.807) is 62.4 Å². The molecule has 7 rings (SSSR count). The van der Waals surface area contributed by atoms with Gasteiger partial charge in [-0.1, -0.05) is 62.4 Å². The molecular weight excluding hydrogens is 883 g/mol. The third-order valence-corrected chi connectivity index (χ3v) is 12.4. The van der Waals surface area contributed by atoms with E-state index in [0.717, 1.165) is 27.2 Å². The number of methoxy groups -OCH3 is 1. The molecule has 17 nitrogen and oxygen atoms in total. The van der Waals surface area contributed by atoms with Gasteiger partial charge in [-0.2, -0.15) is 0 Å². The number of ether oxygens (including phenoxy) is 4. The highest BCUT2D eigenvalue weighted by Gasteiger charge is 2.45. The van der Waals surface area contributed by atoms with Gasteiger partial charge in [0.2, 0.25) is 11.8 Å². The Morgan fingerprint density at radius 2 is 1.52 bits per heavy atom. The average molecular weight is 944 g/mol. The predicted molar refractivity (Wildman–Crippen MR) is 260 cm³/mol. The maximum atomic E-state index is 14.3. The molecule has 0 unspecified atom stereocenters. The number of benzene rings is 3. The van der Waals surface area contributed by atoms with Crippen molar-refractivity contribution in [2.45, 2.75) is 104 Å². The number of amides is 5. The first-order valence-electron chi connectivity index (χ1n) is 23.2. The monoisotopic (exact) mass is 943 g/mol. The van der Waals surface area contributed by atoms with Crippen molar-refractivity contribution in [2.24, 2.45) is 16.6 Å². The number of aliphatic hydroxyl groups is 1. The van der Waals surface area contributed by atoms with Crippen molar-refractivity contribution in [2.75, 3.05) is 25.2 Å². The maximum absolute atomic E-state index is 14.3. The number of carbonyl (C=O) groups is 5. The van der Waals surface area contributed by atoms with Gasteiger partial charge < -0.3 is 50.2 Å². The smallest absolute Gasteiger partial charge is 0.416 e. The van der Waals surface area contributed by atoms with Gasteiger partial charge in [-0.05, 0) is 86.4 Å². The van der Waals surface area contributed by atoms with E-state index in [1.807, 2.05) is 63.4 Å². The van der Waals surface area contributed by atoms with Crippen LogP contribution in [0.15, 0.2) is 101 Å². The molecule has 3 aromatic rings. The number of allylic oxidation sites excluding steroid dienone is 4. The zero-order chi connectivity index (χ0) is 49.5. The van der Waals surface area contributed by atoms with Gasteiger partial charge in [0.15, 0.2) is 17.7 Å².